The molecule has 100 valence electrons. The van der Waals surface area contributed by atoms with Crippen molar-refractivity contribution in [2.24, 2.45) is 17.3 Å². The Hall–Kier alpha value is -0.550. The van der Waals surface area contributed by atoms with Gasteiger partial charge in [0.15, 0.2) is 0 Å². The molecule has 3 fully saturated rings. The van der Waals surface area contributed by atoms with Crippen LogP contribution in [-0.2, 0) is 0 Å². The summed E-state index contributed by atoms with van der Waals surface area (Å²) in [5.41, 5.74) is -1.09. The Kier molecular flexibility index (Phi) is 3.14. The largest absolute Gasteiger partial charge is 0.388 e. The van der Waals surface area contributed by atoms with Crippen LogP contribution in [0.2, 0.25) is 0 Å². The summed E-state index contributed by atoms with van der Waals surface area (Å²) in [5.74, 6) is 1.58. The maximum Gasteiger partial charge on any atom is 0.0860 e. The quantitative estimate of drug-likeness (QED) is 0.806. The van der Waals surface area contributed by atoms with Crippen molar-refractivity contribution in [1.29, 1.82) is 5.26 Å². The van der Waals surface area contributed by atoms with Gasteiger partial charge in [-0.3, -0.25) is 0 Å². The van der Waals surface area contributed by atoms with E-state index in [4.69, 9.17) is 0 Å². The molecule has 0 bridgehead atoms. The maximum atomic E-state index is 11.2. The Balaban J connectivity index is 1.80. The van der Waals surface area contributed by atoms with Crippen LogP contribution in [0.25, 0.3) is 0 Å². The van der Waals surface area contributed by atoms with Gasteiger partial charge in [-0.05, 0) is 56.8 Å². The Morgan fingerprint density at radius 1 is 0.889 bits per heavy atom. The number of rotatable bonds is 2. The summed E-state index contributed by atoms with van der Waals surface area (Å²) in [4.78, 5) is 0. The lowest BCUT2D eigenvalue weighted by atomic mass is 9.57. The third-order valence-electron chi connectivity index (χ3n) is 5.87. The Morgan fingerprint density at radius 2 is 1.61 bits per heavy atom. The van der Waals surface area contributed by atoms with Crippen LogP contribution in [0.4, 0.5) is 0 Å². The van der Waals surface area contributed by atoms with Crippen molar-refractivity contribution in [3.8, 4) is 6.07 Å². The Bertz CT molecular complexity index is 349. The first-order chi connectivity index (χ1) is 8.69. The molecule has 0 aromatic rings. The molecule has 0 spiro atoms. The molecule has 3 aliphatic carbocycles. The smallest absolute Gasteiger partial charge is 0.0860 e. The van der Waals surface area contributed by atoms with E-state index in [1.807, 2.05) is 0 Å². The van der Waals surface area contributed by atoms with Crippen molar-refractivity contribution in [3.63, 3.8) is 0 Å². The lowest BCUT2D eigenvalue weighted by molar-refractivity contribution is -0.112. The van der Waals surface area contributed by atoms with E-state index in [9.17, 15) is 10.4 Å². The molecule has 0 heterocycles. The van der Waals surface area contributed by atoms with E-state index in [1.165, 1.54) is 25.7 Å². The van der Waals surface area contributed by atoms with Crippen LogP contribution < -0.4 is 0 Å². The van der Waals surface area contributed by atoms with Gasteiger partial charge in [0.2, 0.25) is 0 Å². The van der Waals surface area contributed by atoms with Crippen LogP contribution in [0.15, 0.2) is 0 Å². The molecule has 2 nitrogen and oxygen atoms in total. The molecule has 2 heteroatoms. The normalized spacial score (nSPS) is 40.1. The van der Waals surface area contributed by atoms with Crippen molar-refractivity contribution >= 4 is 0 Å². The molecule has 3 aliphatic rings. The summed E-state index contributed by atoms with van der Waals surface area (Å²) in [6.45, 7) is 0. The second-order valence-corrected chi connectivity index (χ2v) is 6.98. The van der Waals surface area contributed by atoms with Crippen LogP contribution in [0.1, 0.15) is 70.6 Å². The SMILES string of the molecule is N#CC1(C2(O)CCCC(C3CC3)C2)CCCCC1. The van der Waals surface area contributed by atoms with E-state index in [2.05, 4.69) is 6.07 Å². The molecule has 3 rings (SSSR count). The fourth-order valence-electron chi connectivity index (χ4n) is 4.54. The summed E-state index contributed by atoms with van der Waals surface area (Å²) >= 11 is 0. The predicted molar refractivity (Wildman–Crippen MR) is 70.8 cm³/mol. The minimum absolute atomic E-state index is 0.418. The van der Waals surface area contributed by atoms with Crippen LogP contribution in [0, 0.1) is 28.6 Å². The van der Waals surface area contributed by atoms with Crippen LogP contribution in [-0.4, -0.2) is 10.7 Å². The van der Waals surface area contributed by atoms with Gasteiger partial charge in [0.25, 0.3) is 0 Å². The van der Waals surface area contributed by atoms with Gasteiger partial charge in [-0.25, -0.2) is 0 Å². The molecule has 0 saturated heterocycles. The van der Waals surface area contributed by atoms with Gasteiger partial charge in [0, 0.05) is 0 Å². The molecule has 0 amide bonds. The van der Waals surface area contributed by atoms with Crippen LogP contribution in [0.3, 0.4) is 0 Å². The second kappa shape index (κ2) is 4.53. The van der Waals surface area contributed by atoms with Crippen molar-refractivity contribution < 1.29 is 5.11 Å². The highest BCUT2D eigenvalue weighted by Gasteiger charge is 2.54. The maximum absolute atomic E-state index is 11.2. The zero-order chi connectivity index (χ0) is 12.6. The molecular weight excluding hydrogens is 222 g/mol. The van der Waals surface area contributed by atoms with E-state index in [1.54, 1.807) is 0 Å². The summed E-state index contributed by atoms with van der Waals surface area (Å²) < 4.78 is 0. The van der Waals surface area contributed by atoms with Gasteiger partial charge in [0.05, 0.1) is 17.1 Å². The number of hydrogen-bond donors (Lipinski definition) is 1. The summed E-state index contributed by atoms with van der Waals surface area (Å²) in [5, 5.41) is 20.9. The molecule has 3 saturated carbocycles. The van der Waals surface area contributed by atoms with Crippen LogP contribution >= 0.6 is 0 Å². The first-order valence-corrected chi connectivity index (χ1v) is 7.83. The highest BCUT2D eigenvalue weighted by Crippen LogP contribution is 2.55. The summed E-state index contributed by atoms with van der Waals surface area (Å²) in [6.07, 6.45) is 12.3. The average molecular weight is 247 g/mol. The number of aliphatic hydroxyl groups is 1. The van der Waals surface area contributed by atoms with Gasteiger partial charge in [-0.1, -0.05) is 25.7 Å². The average Bonchev–Trinajstić information content (AvgIpc) is 3.24. The van der Waals surface area contributed by atoms with Gasteiger partial charge >= 0.3 is 0 Å². The molecule has 0 aromatic heterocycles. The molecule has 1 N–H and O–H groups in total. The van der Waals surface area contributed by atoms with E-state index in [0.29, 0.717) is 5.92 Å². The number of nitrogens with zero attached hydrogens (tertiary/aromatic N) is 1. The van der Waals surface area contributed by atoms with E-state index < -0.39 is 11.0 Å². The lowest BCUT2D eigenvalue weighted by Crippen LogP contribution is -2.51. The standard InChI is InChI=1S/C16H25NO/c17-12-15(8-2-1-3-9-15)16(18)10-4-5-14(11-16)13-6-7-13/h13-14,18H,1-11H2. The molecule has 0 aromatic carbocycles. The van der Waals surface area contributed by atoms with E-state index in [0.717, 1.165) is 50.9 Å². The first kappa shape index (κ1) is 12.5. The van der Waals surface area contributed by atoms with Crippen molar-refractivity contribution in [1.82, 2.24) is 0 Å². The zero-order valence-corrected chi connectivity index (χ0v) is 11.3. The minimum Gasteiger partial charge on any atom is -0.388 e. The fourth-order valence-corrected chi connectivity index (χ4v) is 4.54. The monoisotopic (exact) mass is 247 g/mol. The topological polar surface area (TPSA) is 44.0 Å². The summed E-state index contributed by atoms with van der Waals surface area (Å²) in [6, 6.07) is 2.56. The highest BCUT2D eigenvalue weighted by atomic mass is 16.3. The van der Waals surface area contributed by atoms with Crippen molar-refractivity contribution in [2.45, 2.75) is 76.2 Å². The Morgan fingerprint density at radius 3 is 2.22 bits per heavy atom. The van der Waals surface area contributed by atoms with Gasteiger partial charge in [-0.2, -0.15) is 5.26 Å². The highest BCUT2D eigenvalue weighted by molar-refractivity contribution is 5.14. The second-order valence-electron chi connectivity index (χ2n) is 6.98. The molecule has 0 radical (unpaired) electrons. The third-order valence-corrected chi connectivity index (χ3v) is 5.87. The number of hydrogen-bond acceptors (Lipinski definition) is 2. The van der Waals surface area contributed by atoms with Gasteiger partial charge in [-0.15, -0.1) is 0 Å². The summed E-state index contributed by atoms with van der Waals surface area (Å²) in [7, 11) is 0. The minimum atomic E-state index is -0.673. The van der Waals surface area contributed by atoms with Gasteiger partial charge in [0.1, 0.15) is 0 Å². The molecule has 18 heavy (non-hydrogen) atoms. The Labute approximate surface area is 110 Å². The van der Waals surface area contributed by atoms with E-state index >= 15 is 0 Å². The zero-order valence-electron chi connectivity index (χ0n) is 11.3. The van der Waals surface area contributed by atoms with Crippen LogP contribution in [0.5, 0.6) is 0 Å². The molecular formula is C16H25NO. The first-order valence-electron chi connectivity index (χ1n) is 7.83. The van der Waals surface area contributed by atoms with Crippen molar-refractivity contribution in [3.05, 3.63) is 0 Å². The van der Waals surface area contributed by atoms with E-state index in [-0.39, 0.29) is 0 Å². The van der Waals surface area contributed by atoms with Crippen molar-refractivity contribution in [2.75, 3.05) is 0 Å². The third kappa shape index (κ3) is 1.97. The van der Waals surface area contributed by atoms with Gasteiger partial charge < -0.3 is 5.11 Å². The predicted octanol–water partition coefficient (Wildman–Crippen LogP) is 3.79. The molecule has 2 atom stereocenters. The number of nitriles is 1. The lowest BCUT2D eigenvalue weighted by Gasteiger charge is -2.49. The fraction of sp³-hybridized carbons (Fsp3) is 0.938. The molecule has 0 aliphatic heterocycles. The molecule has 2 unspecified atom stereocenters.